The number of aromatic nitrogens is 2. The van der Waals surface area contributed by atoms with E-state index in [2.05, 4.69) is 15.5 Å². The van der Waals surface area contributed by atoms with Gasteiger partial charge in [0.1, 0.15) is 5.82 Å². The van der Waals surface area contributed by atoms with E-state index in [4.69, 9.17) is 32.5 Å². The second-order valence-corrected chi connectivity index (χ2v) is 12.4. The molecule has 11 heteroatoms. The minimum atomic E-state index is -2.81. The van der Waals surface area contributed by atoms with Crippen LogP contribution in [0.1, 0.15) is 36.7 Å². The Hall–Kier alpha value is -3.27. The van der Waals surface area contributed by atoms with E-state index in [1.54, 1.807) is 55.5 Å². The van der Waals surface area contributed by atoms with Gasteiger partial charge in [-0.25, -0.2) is 13.4 Å². The van der Waals surface area contributed by atoms with E-state index in [0.717, 1.165) is 18.4 Å². The molecule has 4 aromatic rings. The Morgan fingerprint density at radius 2 is 1.74 bits per heavy atom. The Balaban J connectivity index is 1.32. The van der Waals surface area contributed by atoms with Crippen molar-refractivity contribution in [1.29, 1.82) is 4.78 Å². The van der Waals surface area contributed by atoms with Gasteiger partial charge in [-0.2, -0.15) is 4.98 Å². The van der Waals surface area contributed by atoms with Crippen LogP contribution >= 0.6 is 23.2 Å². The summed E-state index contributed by atoms with van der Waals surface area (Å²) in [5, 5.41) is 7.71. The van der Waals surface area contributed by atoms with Gasteiger partial charge in [0.25, 0.3) is 5.89 Å². The first-order valence-corrected chi connectivity index (χ1v) is 14.3. The van der Waals surface area contributed by atoms with E-state index in [9.17, 15) is 13.4 Å². The standard InChI is InChI=1S/C27H23Cl2FN4O3S/c1-2-38(31,36)20-9-3-16(4-10-20)13-23(35)32-19-14-21(28)24(22(29)15-19)27(11-12-27)26-33-25(37-34-26)17-5-7-18(30)8-6-17/h3-10,14-15,31H,2,11-13H2,1H3,(H,32,35). The molecule has 7 nitrogen and oxygen atoms in total. The molecular weight excluding hydrogens is 550 g/mol. The van der Waals surface area contributed by atoms with Crippen LogP contribution < -0.4 is 5.32 Å². The monoisotopic (exact) mass is 572 g/mol. The summed E-state index contributed by atoms with van der Waals surface area (Å²) in [5.41, 5.74) is 1.83. The fraction of sp³-hybridized carbons (Fsp3) is 0.222. The zero-order valence-corrected chi connectivity index (χ0v) is 22.6. The van der Waals surface area contributed by atoms with Crippen LogP contribution in [0.3, 0.4) is 0 Å². The molecule has 3 aromatic carbocycles. The molecule has 1 saturated carbocycles. The molecule has 2 N–H and O–H groups in total. The van der Waals surface area contributed by atoms with Gasteiger partial charge in [-0.15, -0.1) is 0 Å². The fourth-order valence-electron chi connectivity index (χ4n) is 4.32. The molecular formula is C27H23Cl2FN4O3S. The minimum absolute atomic E-state index is 0.0849. The Labute approximate surface area is 229 Å². The third kappa shape index (κ3) is 5.18. The highest BCUT2D eigenvalue weighted by molar-refractivity contribution is 7.92. The van der Waals surface area contributed by atoms with Crippen molar-refractivity contribution in [2.45, 2.75) is 36.5 Å². The summed E-state index contributed by atoms with van der Waals surface area (Å²) < 4.78 is 38.8. The third-order valence-electron chi connectivity index (χ3n) is 6.57. The van der Waals surface area contributed by atoms with Gasteiger partial charge in [0.05, 0.1) is 21.6 Å². The number of benzene rings is 3. The van der Waals surface area contributed by atoms with Crippen molar-refractivity contribution >= 4 is 44.5 Å². The molecule has 1 aromatic heterocycles. The maximum absolute atomic E-state index is 13.3. The molecule has 1 aliphatic carbocycles. The van der Waals surface area contributed by atoms with Crippen LogP contribution in [0.5, 0.6) is 0 Å². The number of rotatable bonds is 8. The van der Waals surface area contributed by atoms with E-state index in [1.807, 2.05) is 0 Å². The van der Waals surface area contributed by atoms with Crippen LogP contribution in [-0.4, -0.2) is 26.0 Å². The lowest BCUT2D eigenvalue weighted by molar-refractivity contribution is -0.115. The molecule has 1 unspecified atom stereocenters. The molecule has 1 aliphatic rings. The normalized spacial score (nSPS) is 15.6. The summed E-state index contributed by atoms with van der Waals surface area (Å²) in [6, 6.07) is 15.7. The van der Waals surface area contributed by atoms with Gasteiger partial charge in [-0.1, -0.05) is 47.4 Å². The van der Waals surface area contributed by atoms with Crippen LogP contribution in [0.15, 0.2) is 70.1 Å². The fourth-order valence-corrected chi connectivity index (χ4v) is 6.08. The zero-order valence-electron chi connectivity index (χ0n) is 20.3. The van der Waals surface area contributed by atoms with Crippen LogP contribution in [0.4, 0.5) is 10.1 Å². The van der Waals surface area contributed by atoms with E-state index in [-0.39, 0.29) is 29.8 Å². The minimum Gasteiger partial charge on any atom is -0.334 e. The van der Waals surface area contributed by atoms with Crippen molar-refractivity contribution in [1.82, 2.24) is 10.1 Å². The molecule has 0 aliphatic heterocycles. The Morgan fingerprint density at radius 1 is 1.11 bits per heavy atom. The maximum Gasteiger partial charge on any atom is 0.257 e. The molecule has 0 bridgehead atoms. The number of nitrogens with zero attached hydrogens (tertiary/aromatic N) is 2. The SMILES string of the molecule is CCS(=N)(=O)c1ccc(CC(=O)Nc2cc(Cl)c(C3(c4noc(-c5ccc(F)cc5)n4)CC3)c(Cl)c2)cc1. The Bertz CT molecular complexity index is 1590. The smallest absolute Gasteiger partial charge is 0.257 e. The van der Waals surface area contributed by atoms with Crippen LogP contribution in [0.2, 0.25) is 10.0 Å². The van der Waals surface area contributed by atoms with Crippen molar-refractivity contribution in [3.63, 3.8) is 0 Å². The number of amides is 1. The van der Waals surface area contributed by atoms with Crippen molar-refractivity contribution in [2.24, 2.45) is 0 Å². The second-order valence-electron chi connectivity index (χ2n) is 9.16. The largest absolute Gasteiger partial charge is 0.334 e. The maximum atomic E-state index is 13.3. The van der Waals surface area contributed by atoms with E-state index in [1.165, 1.54) is 12.1 Å². The molecule has 0 saturated heterocycles. The number of nitrogens with one attached hydrogen (secondary N) is 2. The molecule has 0 spiro atoms. The molecule has 1 amide bonds. The average molecular weight is 573 g/mol. The predicted octanol–water partition coefficient (Wildman–Crippen LogP) is 6.87. The zero-order chi connectivity index (χ0) is 27.1. The van der Waals surface area contributed by atoms with E-state index < -0.39 is 15.1 Å². The van der Waals surface area contributed by atoms with Crippen molar-refractivity contribution in [3.05, 3.63) is 93.5 Å². The highest BCUT2D eigenvalue weighted by Crippen LogP contribution is 2.57. The van der Waals surface area contributed by atoms with Crippen LogP contribution in [0, 0.1) is 10.6 Å². The summed E-state index contributed by atoms with van der Waals surface area (Å²) in [5.74, 6) is 0.315. The van der Waals surface area contributed by atoms with Crippen molar-refractivity contribution in [3.8, 4) is 11.5 Å². The van der Waals surface area contributed by atoms with Gasteiger partial charge >= 0.3 is 0 Å². The quantitative estimate of drug-likeness (QED) is 0.239. The number of hydrogen-bond acceptors (Lipinski definition) is 6. The third-order valence-corrected chi connectivity index (χ3v) is 9.02. The van der Waals surface area contributed by atoms with E-state index >= 15 is 0 Å². The Kier molecular flexibility index (Phi) is 7.02. The number of hydrogen-bond donors (Lipinski definition) is 2. The van der Waals surface area contributed by atoms with Gasteiger partial charge in [0, 0.05) is 37.5 Å². The highest BCUT2D eigenvalue weighted by Gasteiger charge is 2.52. The number of carbonyl (C=O) groups excluding carboxylic acids is 1. The first kappa shape index (κ1) is 26.3. The van der Waals surface area contributed by atoms with Gasteiger partial charge in [0.2, 0.25) is 5.91 Å². The van der Waals surface area contributed by atoms with Crippen LogP contribution in [-0.2, 0) is 26.4 Å². The summed E-state index contributed by atoms with van der Waals surface area (Å²) in [6.07, 6.45) is 1.53. The summed E-state index contributed by atoms with van der Waals surface area (Å²) in [6.45, 7) is 1.71. The predicted molar refractivity (Wildman–Crippen MR) is 145 cm³/mol. The van der Waals surface area contributed by atoms with Gasteiger partial charge in [-0.05, 0) is 66.9 Å². The number of halogens is 3. The Morgan fingerprint density at radius 3 is 2.32 bits per heavy atom. The number of anilines is 1. The summed E-state index contributed by atoms with van der Waals surface area (Å²) in [7, 11) is -2.81. The molecule has 5 rings (SSSR count). The summed E-state index contributed by atoms with van der Waals surface area (Å²) >= 11 is 13.3. The number of carbonyl (C=O) groups is 1. The van der Waals surface area contributed by atoms with Gasteiger partial charge in [0.15, 0.2) is 5.82 Å². The topological polar surface area (TPSA) is 109 Å². The second kappa shape index (κ2) is 10.1. The summed E-state index contributed by atoms with van der Waals surface area (Å²) in [4.78, 5) is 17.6. The molecule has 1 heterocycles. The highest BCUT2D eigenvalue weighted by atomic mass is 35.5. The van der Waals surface area contributed by atoms with Gasteiger partial charge in [-0.3, -0.25) is 4.79 Å². The molecule has 38 heavy (non-hydrogen) atoms. The lowest BCUT2D eigenvalue weighted by Crippen LogP contribution is -2.16. The van der Waals surface area contributed by atoms with Crippen molar-refractivity contribution in [2.75, 3.05) is 11.1 Å². The van der Waals surface area contributed by atoms with Crippen molar-refractivity contribution < 1.29 is 17.9 Å². The molecule has 1 fully saturated rings. The molecule has 0 radical (unpaired) electrons. The molecule has 1 atom stereocenters. The first-order chi connectivity index (χ1) is 18.1. The van der Waals surface area contributed by atoms with E-state index in [0.29, 0.717) is 37.6 Å². The lowest BCUT2D eigenvalue weighted by Gasteiger charge is -2.17. The lowest BCUT2D eigenvalue weighted by atomic mass is 9.94. The first-order valence-electron chi connectivity index (χ1n) is 11.9. The van der Waals surface area contributed by atoms with Gasteiger partial charge < -0.3 is 9.84 Å². The van der Waals surface area contributed by atoms with Crippen LogP contribution in [0.25, 0.3) is 11.5 Å². The molecule has 196 valence electrons. The average Bonchev–Trinajstić information content (AvgIpc) is 3.51.